The highest BCUT2D eigenvalue weighted by Crippen LogP contribution is 2.30. The van der Waals surface area contributed by atoms with Crippen LogP contribution in [0.5, 0.6) is 0 Å². The normalized spacial score (nSPS) is 13.8. The van der Waals surface area contributed by atoms with Crippen molar-refractivity contribution < 1.29 is 9.53 Å². The molecule has 1 aliphatic heterocycles. The van der Waals surface area contributed by atoms with E-state index in [0.717, 1.165) is 32.2 Å². The highest BCUT2D eigenvalue weighted by Gasteiger charge is 2.18. The minimum atomic E-state index is 0.0349. The van der Waals surface area contributed by atoms with E-state index in [1.165, 1.54) is 0 Å². The number of carbonyl (C=O) groups is 1. The average Bonchev–Trinajstić information content (AvgIpc) is 2.84. The van der Waals surface area contributed by atoms with Crippen LogP contribution in [0.2, 0.25) is 0 Å². The first kappa shape index (κ1) is 21.4. The molecule has 7 nitrogen and oxygen atoms in total. The number of nitrogen functional groups attached to an aromatic ring is 1. The average molecular weight is 504 g/mol. The number of nitrogens with two attached hydrogens (primary N) is 1. The highest BCUT2D eigenvalue weighted by molar-refractivity contribution is 9.10. The molecule has 0 atom stereocenters. The number of benzene rings is 3. The summed E-state index contributed by atoms with van der Waals surface area (Å²) >= 11 is 3.49. The molecule has 3 N–H and O–H groups in total. The van der Waals surface area contributed by atoms with Gasteiger partial charge in [-0.15, -0.1) is 0 Å². The Morgan fingerprint density at radius 3 is 2.48 bits per heavy atom. The first-order chi connectivity index (χ1) is 16.1. The first-order valence-corrected chi connectivity index (χ1v) is 11.4. The van der Waals surface area contributed by atoms with Gasteiger partial charge in [0, 0.05) is 34.2 Å². The van der Waals surface area contributed by atoms with E-state index in [2.05, 4.69) is 31.2 Å². The molecule has 3 aromatic carbocycles. The van der Waals surface area contributed by atoms with Crippen LogP contribution in [0, 0.1) is 0 Å². The molecule has 1 aliphatic rings. The third-order valence-electron chi connectivity index (χ3n) is 5.56. The highest BCUT2D eigenvalue weighted by atomic mass is 79.9. The van der Waals surface area contributed by atoms with Gasteiger partial charge in [-0.05, 0) is 53.6 Å². The summed E-state index contributed by atoms with van der Waals surface area (Å²) in [4.78, 5) is 23.4. The third-order valence-corrected chi connectivity index (χ3v) is 6.06. The number of hydrogen-bond acceptors (Lipinski definition) is 6. The van der Waals surface area contributed by atoms with Gasteiger partial charge in [0.25, 0.3) is 5.91 Å². The van der Waals surface area contributed by atoms with Gasteiger partial charge in [0.05, 0.1) is 18.7 Å². The SMILES string of the molecule is Nc1nc(Nc2cccc(Br)c2)c2cc(-c3ccc(C(=O)N4CCOCC4)cc3)ccc2n1. The lowest BCUT2D eigenvalue weighted by molar-refractivity contribution is 0.0303. The minimum absolute atomic E-state index is 0.0349. The fraction of sp³-hybridized carbons (Fsp3) is 0.160. The Morgan fingerprint density at radius 1 is 0.970 bits per heavy atom. The zero-order valence-electron chi connectivity index (χ0n) is 17.8. The number of fused-ring (bicyclic) bond motifs is 1. The summed E-state index contributed by atoms with van der Waals surface area (Å²) in [6.07, 6.45) is 0. The molecule has 33 heavy (non-hydrogen) atoms. The molecule has 2 heterocycles. The van der Waals surface area contributed by atoms with Gasteiger partial charge in [0.15, 0.2) is 0 Å². The van der Waals surface area contributed by atoms with Crippen molar-refractivity contribution in [2.24, 2.45) is 0 Å². The predicted octanol–water partition coefficient (Wildman–Crippen LogP) is 4.86. The number of rotatable bonds is 4. The van der Waals surface area contributed by atoms with Crippen LogP contribution in [0.3, 0.4) is 0 Å². The Morgan fingerprint density at radius 2 is 1.73 bits per heavy atom. The number of amides is 1. The van der Waals surface area contributed by atoms with Crippen molar-refractivity contribution in [1.82, 2.24) is 14.9 Å². The molecule has 166 valence electrons. The van der Waals surface area contributed by atoms with Gasteiger partial charge in [-0.25, -0.2) is 4.98 Å². The second-order valence-corrected chi connectivity index (χ2v) is 8.70. The van der Waals surface area contributed by atoms with Crippen LogP contribution < -0.4 is 11.1 Å². The van der Waals surface area contributed by atoms with Gasteiger partial charge in [-0.3, -0.25) is 4.79 Å². The Kier molecular flexibility index (Phi) is 5.93. The summed E-state index contributed by atoms with van der Waals surface area (Å²) in [6.45, 7) is 2.43. The Balaban J connectivity index is 1.46. The Hall–Kier alpha value is -3.49. The summed E-state index contributed by atoms with van der Waals surface area (Å²) in [5, 5.41) is 4.20. The third kappa shape index (κ3) is 4.67. The molecule has 1 amide bonds. The van der Waals surface area contributed by atoms with Crippen molar-refractivity contribution in [2.75, 3.05) is 37.4 Å². The quantitative estimate of drug-likeness (QED) is 0.413. The number of carbonyl (C=O) groups excluding carboxylic acids is 1. The summed E-state index contributed by atoms with van der Waals surface area (Å²) in [5.74, 6) is 0.878. The summed E-state index contributed by atoms with van der Waals surface area (Å²) in [5.41, 5.74) is 10.3. The van der Waals surface area contributed by atoms with Gasteiger partial charge in [0.1, 0.15) is 5.82 Å². The summed E-state index contributed by atoms with van der Waals surface area (Å²) in [7, 11) is 0. The Labute approximate surface area is 199 Å². The standard InChI is InChI=1S/C25H22BrN5O2/c26-19-2-1-3-20(15-19)28-23-21-14-18(8-9-22(21)29-25(27)30-23)16-4-6-17(7-5-16)24(32)31-10-12-33-13-11-31/h1-9,14-15H,10-13H2,(H3,27,28,29,30). The van der Waals surface area contributed by atoms with Gasteiger partial charge < -0.3 is 20.7 Å². The number of aromatic nitrogens is 2. The van der Waals surface area contributed by atoms with E-state index in [1.54, 1.807) is 0 Å². The number of halogens is 1. The molecule has 0 bridgehead atoms. The topological polar surface area (TPSA) is 93.4 Å². The van der Waals surface area contributed by atoms with Gasteiger partial charge in [0.2, 0.25) is 5.95 Å². The number of anilines is 3. The summed E-state index contributed by atoms with van der Waals surface area (Å²) < 4.78 is 6.30. The van der Waals surface area contributed by atoms with Crippen molar-refractivity contribution in [1.29, 1.82) is 0 Å². The molecule has 8 heteroatoms. The van der Waals surface area contributed by atoms with Crippen molar-refractivity contribution in [3.63, 3.8) is 0 Å². The molecule has 1 aromatic heterocycles. The fourth-order valence-electron chi connectivity index (χ4n) is 3.88. The predicted molar refractivity (Wildman–Crippen MR) is 134 cm³/mol. The maximum absolute atomic E-state index is 12.7. The molecule has 4 aromatic rings. The van der Waals surface area contributed by atoms with Gasteiger partial charge >= 0.3 is 0 Å². The lowest BCUT2D eigenvalue weighted by Crippen LogP contribution is -2.40. The smallest absolute Gasteiger partial charge is 0.254 e. The molecule has 0 aliphatic carbocycles. The number of morpholine rings is 1. The Bertz CT molecular complexity index is 1320. The van der Waals surface area contributed by atoms with Crippen molar-refractivity contribution in [2.45, 2.75) is 0 Å². The monoisotopic (exact) mass is 503 g/mol. The summed E-state index contributed by atoms with van der Waals surface area (Å²) in [6, 6.07) is 21.5. The van der Waals surface area contributed by atoms with E-state index in [0.29, 0.717) is 37.7 Å². The van der Waals surface area contributed by atoms with E-state index >= 15 is 0 Å². The van der Waals surface area contributed by atoms with Crippen molar-refractivity contribution in [3.05, 3.63) is 76.8 Å². The van der Waals surface area contributed by atoms with E-state index in [1.807, 2.05) is 71.6 Å². The molecule has 0 spiro atoms. The number of nitrogens with zero attached hydrogens (tertiary/aromatic N) is 3. The fourth-order valence-corrected chi connectivity index (χ4v) is 4.28. The lowest BCUT2D eigenvalue weighted by Gasteiger charge is -2.26. The van der Waals surface area contributed by atoms with E-state index in [4.69, 9.17) is 10.5 Å². The molecule has 1 saturated heterocycles. The van der Waals surface area contributed by atoms with E-state index in [9.17, 15) is 4.79 Å². The largest absolute Gasteiger partial charge is 0.378 e. The molecule has 0 radical (unpaired) electrons. The molecular formula is C25H22BrN5O2. The van der Waals surface area contributed by atoms with Gasteiger partial charge in [-0.1, -0.05) is 40.2 Å². The molecular weight excluding hydrogens is 482 g/mol. The van der Waals surface area contributed by atoms with Gasteiger partial charge in [-0.2, -0.15) is 4.98 Å². The number of nitrogens with one attached hydrogen (secondary N) is 1. The zero-order valence-corrected chi connectivity index (χ0v) is 19.4. The maximum atomic E-state index is 12.7. The molecule has 0 saturated carbocycles. The van der Waals surface area contributed by atoms with Crippen LogP contribution in [0.1, 0.15) is 10.4 Å². The number of hydrogen-bond donors (Lipinski definition) is 2. The molecule has 1 fully saturated rings. The van der Waals surface area contributed by atoms with Crippen molar-refractivity contribution in [3.8, 4) is 11.1 Å². The van der Waals surface area contributed by atoms with E-state index in [-0.39, 0.29) is 11.9 Å². The maximum Gasteiger partial charge on any atom is 0.254 e. The lowest BCUT2D eigenvalue weighted by atomic mass is 10.0. The molecule has 5 rings (SSSR count). The molecule has 0 unspecified atom stereocenters. The van der Waals surface area contributed by atoms with Crippen LogP contribution in [0.25, 0.3) is 22.0 Å². The van der Waals surface area contributed by atoms with Crippen molar-refractivity contribution >= 4 is 50.2 Å². The minimum Gasteiger partial charge on any atom is -0.378 e. The van der Waals surface area contributed by atoms with Crippen LogP contribution in [0.15, 0.2) is 71.2 Å². The number of ether oxygens (including phenoxy) is 1. The second-order valence-electron chi connectivity index (χ2n) is 7.78. The van der Waals surface area contributed by atoms with E-state index < -0.39 is 0 Å². The first-order valence-electron chi connectivity index (χ1n) is 10.6. The van der Waals surface area contributed by atoms with Crippen LogP contribution in [-0.2, 0) is 4.74 Å². The van der Waals surface area contributed by atoms with Crippen LogP contribution in [-0.4, -0.2) is 47.1 Å². The second kappa shape index (κ2) is 9.17. The van der Waals surface area contributed by atoms with Crippen LogP contribution >= 0.6 is 15.9 Å². The zero-order chi connectivity index (χ0) is 22.8. The van der Waals surface area contributed by atoms with Crippen LogP contribution in [0.4, 0.5) is 17.5 Å².